The van der Waals surface area contributed by atoms with Crippen LogP contribution in [-0.4, -0.2) is 14.9 Å². The third kappa shape index (κ3) is 1.32. The summed E-state index contributed by atoms with van der Waals surface area (Å²) in [5, 5.41) is 0. The molecule has 0 amide bonds. The summed E-state index contributed by atoms with van der Waals surface area (Å²) in [4.78, 5) is 4.34. The van der Waals surface area contributed by atoms with Crippen LogP contribution in [0.4, 0.5) is 0 Å². The number of aryl methyl sites for hydroxylation is 1. The van der Waals surface area contributed by atoms with Gasteiger partial charge >= 0.3 is 5.84 Å². The molecule has 0 saturated heterocycles. The minimum atomic E-state index is 0.116. The number of oxazole rings is 1. The summed E-state index contributed by atoms with van der Waals surface area (Å²) in [5.41, 5.74) is 7.19. The molecule has 1 fully saturated rings. The van der Waals surface area contributed by atoms with Crippen molar-refractivity contribution in [2.24, 2.45) is 5.73 Å². The third-order valence-corrected chi connectivity index (χ3v) is 2.91. The number of aromatic nitrogens is 2. The van der Waals surface area contributed by atoms with Crippen LogP contribution in [0.1, 0.15) is 25.0 Å². The predicted molar refractivity (Wildman–Crippen MR) is 51.9 cm³/mol. The SMILES string of the molecule is NC1(CCc2cn3ccoc3n2)CC1. The van der Waals surface area contributed by atoms with E-state index in [4.69, 9.17) is 10.2 Å². The Bertz CT molecular complexity index is 424. The minimum absolute atomic E-state index is 0.116. The Morgan fingerprint density at radius 3 is 3.14 bits per heavy atom. The van der Waals surface area contributed by atoms with Gasteiger partial charge in [0.2, 0.25) is 0 Å². The van der Waals surface area contributed by atoms with E-state index in [2.05, 4.69) is 4.98 Å². The van der Waals surface area contributed by atoms with Crippen molar-refractivity contribution in [3.05, 3.63) is 24.4 Å². The molecule has 0 spiro atoms. The molecule has 4 nitrogen and oxygen atoms in total. The van der Waals surface area contributed by atoms with E-state index in [9.17, 15) is 0 Å². The van der Waals surface area contributed by atoms with E-state index in [1.807, 2.05) is 16.8 Å². The molecule has 0 radical (unpaired) electrons. The second-order valence-electron chi connectivity index (χ2n) is 4.19. The van der Waals surface area contributed by atoms with Gasteiger partial charge in [-0.15, -0.1) is 0 Å². The highest BCUT2D eigenvalue weighted by Gasteiger charge is 2.37. The maximum absolute atomic E-state index is 6.01. The standard InChI is InChI=1S/C10H13N3O/c11-10(3-4-10)2-1-8-7-13-5-6-14-9(13)12-8/h5-7H,1-4,11H2. The molecule has 2 aromatic heterocycles. The normalized spacial score (nSPS) is 18.9. The maximum Gasteiger partial charge on any atom is 0.305 e. The summed E-state index contributed by atoms with van der Waals surface area (Å²) in [6.45, 7) is 0. The van der Waals surface area contributed by atoms with Crippen molar-refractivity contribution in [2.75, 3.05) is 0 Å². The van der Waals surface area contributed by atoms with Crippen LogP contribution in [0.5, 0.6) is 0 Å². The van der Waals surface area contributed by atoms with Gasteiger partial charge in [0.25, 0.3) is 0 Å². The molecule has 0 unspecified atom stereocenters. The maximum atomic E-state index is 6.01. The van der Waals surface area contributed by atoms with Gasteiger partial charge in [0.05, 0.1) is 5.69 Å². The highest BCUT2D eigenvalue weighted by Crippen LogP contribution is 2.36. The van der Waals surface area contributed by atoms with Crippen LogP contribution in [0.2, 0.25) is 0 Å². The minimum Gasteiger partial charge on any atom is -0.432 e. The molecule has 2 heterocycles. The first-order valence-corrected chi connectivity index (χ1v) is 4.95. The van der Waals surface area contributed by atoms with Crippen LogP contribution in [-0.2, 0) is 6.42 Å². The van der Waals surface area contributed by atoms with Crippen LogP contribution >= 0.6 is 0 Å². The number of rotatable bonds is 3. The van der Waals surface area contributed by atoms with Crippen LogP contribution in [0, 0.1) is 0 Å². The summed E-state index contributed by atoms with van der Waals surface area (Å²) < 4.78 is 7.06. The number of hydrogen-bond acceptors (Lipinski definition) is 3. The smallest absolute Gasteiger partial charge is 0.305 e. The molecule has 74 valence electrons. The lowest BCUT2D eigenvalue weighted by molar-refractivity contribution is 0.587. The Morgan fingerprint density at radius 1 is 1.57 bits per heavy atom. The molecule has 0 atom stereocenters. The monoisotopic (exact) mass is 191 g/mol. The molecular formula is C10H13N3O. The zero-order valence-electron chi connectivity index (χ0n) is 7.94. The molecule has 0 bridgehead atoms. The van der Waals surface area contributed by atoms with Gasteiger partial charge < -0.3 is 10.2 Å². The topological polar surface area (TPSA) is 56.5 Å². The van der Waals surface area contributed by atoms with Gasteiger partial charge in [-0.3, -0.25) is 4.40 Å². The van der Waals surface area contributed by atoms with Gasteiger partial charge in [0, 0.05) is 17.9 Å². The molecule has 0 aliphatic heterocycles. The van der Waals surface area contributed by atoms with Crippen molar-refractivity contribution in [2.45, 2.75) is 31.2 Å². The lowest BCUT2D eigenvalue weighted by Crippen LogP contribution is -2.22. The second kappa shape index (κ2) is 2.60. The molecule has 4 heteroatoms. The zero-order chi connectivity index (χ0) is 9.60. The van der Waals surface area contributed by atoms with E-state index in [1.165, 1.54) is 0 Å². The van der Waals surface area contributed by atoms with Crippen molar-refractivity contribution in [1.29, 1.82) is 0 Å². The van der Waals surface area contributed by atoms with Gasteiger partial charge in [-0.1, -0.05) is 0 Å². The van der Waals surface area contributed by atoms with Gasteiger partial charge in [0.15, 0.2) is 0 Å². The fourth-order valence-corrected chi connectivity index (χ4v) is 1.68. The lowest BCUT2D eigenvalue weighted by atomic mass is 10.1. The predicted octanol–water partition coefficient (Wildman–Crippen LogP) is 1.35. The van der Waals surface area contributed by atoms with E-state index in [-0.39, 0.29) is 5.54 Å². The lowest BCUT2D eigenvalue weighted by Gasteiger charge is -2.04. The molecule has 1 aliphatic rings. The summed E-state index contributed by atoms with van der Waals surface area (Å²) in [7, 11) is 0. The molecule has 3 rings (SSSR count). The first-order valence-electron chi connectivity index (χ1n) is 4.95. The van der Waals surface area contributed by atoms with Crippen molar-refractivity contribution >= 4 is 5.84 Å². The largest absolute Gasteiger partial charge is 0.432 e. The van der Waals surface area contributed by atoms with Crippen LogP contribution < -0.4 is 5.73 Å². The van der Waals surface area contributed by atoms with Crippen molar-refractivity contribution < 1.29 is 4.42 Å². The van der Waals surface area contributed by atoms with E-state index in [1.54, 1.807) is 6.26 Å². The number of hydrogen-bond donors (Lipinski definition) is 1. The van der Waals surface area contributed by atoms with E-state index >= 15 is 0 Å². The van der Waals surface area contributed by atoms with Crippen molar-refractivity contribution in [3.63, 3.8) is 0 Å². The van der Waals surface area contributed by atoms with Crippen LogP contribution in [0.15, 0.2) is 23.1 Å². The third-order valence-electron chi connectivity index (χ3n) is 2.91. The van der Waals surface area contributed by atoms with E-state index in [0.717, 1.165) is 31.4 Å². The Labute approximate surface area is 81.7 Å². The van der Waals surface area contributed by atoms with Crippen LogP contribution in [0.25, 0.3) is 5.84 Å². The highest BCUT2D eigenvalue weighted by molar-refractivity contribution is 5.26. The van der Waals surface area contributed by atoms with Crippen molar-refractivity contribution in [1.82, 2.24) is 9.38 Å². The summed E-state index contributed by atoms with van der Waals surface area (Å²) in [5.74, 6) is 0.668. The van der Waals surface area contributed by atoms with Gasteiger partial charge in [-0.2, -0.15) is 4.98 Å². The van der Waals surface area contributed by atoms with E-state index in [0.29, 0.717) is 5.84 Å². The van der Waals surface area contributed by atoms with Gasteiger partial charge in [-0.25, -0.2) is 0 Å². The molecule has 1 saturated carbocycles. The molecule has 0 aromatic carbocycles. The number of imidazole rings is 1. The molecule has 2 N–H and O–H groups in total. The quantitative estimate of drug-likeness (QED) is 0.796. The molecule has 2 aromatic rings. The van der Waals surface area contributed by atoms with Crippen LogP contribution in [0.3, 0.4) is 0 Å². The Morgan fingerprint density at radius 2 is 2.43 bits per heavy atom. The summed E-state index contributed by atoms with van der Waals surface area (Å²) in [6, 6.07) is 0. The molecule has 14 heavy (non-hydrogen) atoms. The highest BCUT2D eigenvalue weighted by atomic mass is 16.3. The number of fused-ring (bicyclic) bond motifs is 1. The Balaban J connectivity index is 1.75. The number of nitrogens with zero attached hydrogens (tertiary/aromatic N) is 2. The second-order valence-corrected chi connectivity index (χ2v) is 4.19. The van der Waals surface area contributed by atoms with Gasteiger partial charge in [0.1, 0.15) is 6.26 Å². The fraction of sp³-hybridized carbons (Fsp3) is 0.500. The first-order chi connectivity index (χ1) is 6.75. The Kier molecular flexibility index (Phi) is 1.50. The zero-order valence-corrected chi connectivity index (χ0v) is 7.94. The number of nitrogens with two attached hydrogens (primary N) is 1. The molecular weight excluding hydrogens is 178 g/mol. The molecule has 1 aliphatic carbocycles. The average molecular weight is 191 g/mol. The fourth-order valence-electron chi connectivity index (χ4n) is 1.68. The first kappa shape index (κ1) is 8.05. The Hall–Kier alpha value is -1.29. The van der Waals surface area contributed by atoms with E-state index < -0.39 is 0 Å². The summed E-state index contributed by atoms with van der Waals surface area (Å²) >= 11 is 0. The summed E-state index contributed by atoms with van der Waals surface area (Å²) in [6.07, 6.45) is 9.82. The van der Waals surface area contributed by atoms with Crippen molar-refractivity contribution in [3.8, 4) is 0 Å². The van der Waals surface area contributed by atoms with Gasteiger partial charge in [-0.05, 0) is 25.7 Å². The average Bonchev–Trinajstić information content (AvgIpc) is 2.61.